The van der Waals surface area contributed by atoms with Crippen LogP contribution in [-0.4, -0.2) is 21.3 Å². The van der Waals surface area contributed by atoms with E-state index in [1.807, 2.05) is 33.8 Å². The number of rotatable bonds is 4. The summed E-state index contributed by atoms with van der Waals surface area (Å²) in [5.41, 5.74) is 5.53. The Bertz CT molecular complexity index is 1070. The molecule has 1 N–H and O–H groups in total. The molecule has 0 aliphatic heterocycles. The standard InChI is InChI=1S/C18H18BrN3O2S2/c1-9-6-14(10(2)5-13(9)19)25-7-15(23)21-22-8-20-17-16(18(22)24)11(3)12(4)26-17/h5-6,8H,7H2,1-4H3,(H,21,23). The minimum Gasteiger partial charge on any atom is -0.272 e. The fourth-order valence-corrected chi connectivity index (χ4v) is 4.88. The van der Waals surface area contributed by atoms with Crippen molar-refractivity contribution in [3.63, 3.8) is 0 Å². The first kappa shape index (κ1) is 19.1. The third-order valence-electron chi connectivity index (χ3n) is 4.15. The maximum Gasteiger partial charge on any atom is 0.281 e. The van der Waals surface area contributed by atoms with E-state index in [-0.39, 0.29) is 17.2 Å². The zero-order valence-electron chi connectivity index (χ0n) is 14.8. The van der Waals surface area contributed by atoms with E-state index >= 15 is 0 Å². The fourth-order valence-electron chi connectivity index (χ4n) is 2.53. The number of carbonyl (C=O) groups is 1. The van der Waals surface area contributed by atoms with Gasteiger partial charge in [0.1, 0.15) is 11.2 Å². The lowest BCUT2D eigenvalue weighted by Crippen LogP contribution is -2.34. The summed E-state index contributed by atoms with van der Waals surface area (Å²) in [5.74, 6) is -0.0311. The van der Waals surface area contributed by atoms with Crippen LogP contribution in [0, 0.1) is 27.7 Å². The van der Waals surface area contributed by atoms with Crippen LogP contribution in [0.25, 0.3) is 10.2 Å². The average Bonchev–Trinajstić information content (AvgIpc) is 2.87. The summed E-state index contributed by atoms with van der Waals surface area (Å²) < 4.78 is 2.22. The van der Waals surface area contributed by atoms with Crippen molar-refractivity contribution in [3.8, 4) is 0 Å². The Morgan fingerprint density at radius 2 is 2.00 bits per heavy atom. The Labute approximate surface area is 167 Å². The van der Waals surface area contributed by atoms with Crippen LogP contribution in [0.1, 0.15) is 21.6 Å². The Kier molecular flexibility index (Phi) is 5.55. The number of aryl methyl sites for hydroxylation is 4. The molecule has 8 heteroatoms. The van der Waals surface area contributed by atoms with Gasteiger partial charge in [-0.2, -0.15) is 0 Å². The molecule has 0 atom stereocenters. The number of hydrogen-bond donors (Lipinski definition) is 1. The second-order valence-electron chi connectivity index (χ2n) is 6.07. The van der Waals surface area contributed by atoms with Crippen molar-refractivity contribution in [2.24, 2.45) is 0 Å². The molecule has 3 aromatic rings. The van der Waals surface area contributed by atoms with Crippen molar-refractivity contribution < 1.29 is 4.79 Å². The van der Waals surface area contributed by atoms with Gasteiger partial charge in [-0.1, -0.05) is 15.9 Å². The van der Waals surface area contributed by atoms with Crippen molar-refractivity contribution in [2.45, 2.75) is 32.6 Å². The summed E-state index contributed by atoms with van der Waals surface area (Å²) in [7, 11) is 0. The van der Waals surface area contributed by atoms with Crippen LogP contribution >= 0.6 is 39.0 Å². The second kappa shape index (κ2) is 7.54. The number of benzene rings is 1. The smallest absolute Gasteiger partial charge is 0.272 e. The third-order valence-corrected chi connectivity index (χ3v) is 7.28. The van der Waals surface area contributed by atoms with Crippen LogP contribution in [-0.2, 0) is 4.79 Å². The van der Waals surface area contributed by atoms with Gasteiger partial charge in [0, 0.05) is 14.2 Å². The molecule has 136 valence electrons. The van der Waals surface area contributed by atoms with Gasteiger partial charge in [-0.25, -0.2) is 9.66 Å². The van der Waals surface area contributed by atoms with E-state index in [1.54, 1.807) is 0 Å². The molecule has 0 saturated heterocycles. The van der Waals surface area contributed by atoms with Crippen LogP contribution in [0.2, 0.25) is 0 Å². The van der Waals surface area contributed by atoms with Crippen LogP contribution in [0.15, 0.2) is 32.6 Å². The van der Waals surface area contributed by atoms with Crippen LogP contribution in [0.5, 0.6) is 0 Å². The Hall–Kier alpha value is -1.64. The summed E-state index contributed by atoms with van der Waals surface area (Å²) >= 11 is 6.44. The van der Waals surface area contributed by atoms with E-state index in [2.05, 4.69) is 32.4 Å². The predicted octanol–water partition coefficient (Wildman–Crippen LogP) is 4.32. The molecular formula is C18H18BrN3O2S2. The average molecular weight is 452 g/mol. The normalized spacial score (nSPS) is 11.1. The molecule has 0 bridgehead atoms. The zero-order chi connectivity index (χ0) is 19.0. The molecule has 26 heavy (non-hydrogen) atoms. The minimum atomic E-state index is -0.247. The summed E-state index contributed by atoms with van der Waals surface area (Å²) in [6.45, 7) is 7.88. The van der Waals surface area contributed by atoms with Crippen molar-refractivity contribution in [1.82, 2.24) is 9.66 Å². The first-order valence-electron chi connectivity index (χ1n) is 7.94. The lowest BCUT2D eigenvalue weighted by atomic mass is 10.2. The number of fused-ring (bicyclic) bond motifs is 1. The predicted molar refractivity (Wildman–Crippen MR) is 112 cm³/mol. The largest absolute Gasteiger partial charge is 0.281 e. The lowest BCUT2D eigenvalue weighted by molar-refractivity contribution is -0.114. The SMILES string of the molecule is Cc1cc(SCC(=O)Nn2cnc3sc(C)c(C)c3c2=O)c(C)cc1Br. The minimum absolute atomic E-state index is 0.216. The van der Waals surface area contributed by atoms with E-state index in [0.717, 1.165) is 30.9 Å². The first-order chi connectivity index (χ1) is 12.3. The highest BCUT2D eigenvalue weighted by atomic mass is 79.9. The molecule has 0 unspecified atom stereocenters. The molecule has 2 heterocycles. The maximum atomic E-state index is 12.6. The highest BCUT2D eigenvalue weighted by molar-refractivity contribution is 9.10. The van der Waals surface area contributed by atoms with E-state index in [0.29, 0.717) is 10.2 Å². The van der Waals surface area contributed by atoms with Gasteiger partial charge in [0.25, 0.3) is 5.56 Å². The molecule has 2 aromatic heterocycles. The second-order valence-corrected chi connectivity index (χ2v) is 9.15. The van der Waals surface area contributed by atoms with E-state index in [1.165, 1.54) is 34.1 Å². The van der Waals surface area contributed by atoms with E-state index in [9.17, 15) is 9.59 Å². The van der Waals surface area contributed by atoms with Crippen LogP contribution in [0.4, 0.5) is 0 Å². The number of hydrogen-bond acceptors (Lipinski definition) is 5. The Morgan fingerprint density at radius 3 is 2.73 bits per heavy atom. The highest BCUT2D eigenvalue weighted by Crippen LogP contribution is 2.28. The Morgan fingerprint density at radius 1 is 1.27 bits per heavy atom. The van der Waals surface area contributed by atoms with Crippen LogP contribution in [0.3, 0.4) is 0 Å². The monoisotopic (exact) mass is 451 g/mol. The maximum absolute atomic E-state index is 12.6. The van der Waals surface area contributed by atoms with Crippen molar-refractivity contribution >= 4 is 55.2 Å². The number of thioether (sulfide) groups is 1. The number of aromatic nitrogens is 2. The van der Waals surface area contributed by atoms with Gasteiger partial charge in [0.05, 0.1) is 11.1 Å². The van der Waals surface area contributed by atoms with Crippen LogP contribution < -0.4 is 11.0 Å². The fraction of sp³-hybridized carbons (Fsp3) is 0.278. The molecule has 0 aliphatic carbocycles. The zero-order valence-corrected chi connectivity index (χ0v) is 18.1. The van der Waals surface area contributed by atoms with Gasteiger partial charge in [0.15, 0.2) is 0 Å². The number of amides is 1. The number of nitrogens with one attached hydrogen (secondary N) is 1. The molecule has 1 amide bonds. The third kappa shape index (κ3) is 3.72. The quantitative estimate of drug-likeness (QED) is 0.599. The van der Waals surface area contributed by atoms with Gasteiger partial charge in [-0.05, 0) is 56.5 Å². The van der Waals surface area contributed by atoms with Crippen molar-refractivity contribution in [2.75, 3.05) is 11.2 Å². The molecule has 5 nitrogen and oxygen atoms in total. The highest BCUT2D eigenvalue weighted by Gasteiger charge is 2.14. The lowest BCUT2D eigenvalue weighted by Gasteiger charge is -2.10. The molecule has 1 aromatic carbocycles. The molecule has 0 radical (unpaired) electrons. The van der Waals surface area contributed by atoms with Gasteiger partial charge in [-0.15, -0.1) is 23.1 Å². The number of nitrogens with zero attached hydrogens (tertiary/aromatic N) is 2. The van der Waals surface area contributed by atoms with E-state index in [4.69, 9.17) is 0 Å². The molecule has 3 rings (SSSR count). The molecule has 0 saturated carbocycles. The molecule has 0 spiro atoms. The van der Waals surface area contributed by atoms with Crippen molar-refractivity contribution in [3.05, 3.63) is 54.9 Å². The van der Waals surface area contributed by atoms with Gasteiger partial charge >= 0.3 is 0 Å². The summed E-state index contributed by atoms with van der Waals surface area (Å²) in [5, 5.41) is 0.572. The molecule has 0 fully saturated rings. The number of carbonyl (C=O) groups excluding carboxylic acids is 1. The van der Waals surface area contributed by atoms with E-state index < -0.39 is 0 Å². The first-order valence-corrected chi connectivity index (χ1v) is 10.5. The van der Waals surface area contributed by atoms with Gasteiger partial charge < -0.3 is 0 Å². The number of thiophene rings is 1. The van der Waals surface area contributed by atoms with Crippen molar-refractivity contribution in [1.29, 1.82) is 0 Å². The van der Waals surface area contributed by atoms with Gasteiger partial charge in [0.2, 0.25) is 5.91 Å². The Balaban J connectivity index is 1.76. The molecular weight excluding hydrogens is 434 g/mol. The summed E-state index contributed by atoms with van der Waals surface area (Å²) in [6.07, 6.45) is 1.37. The summed E-state index contributed by atoms with van der Waals surface area (Å²) in [4.78, 5) is 32.0. The molecule has 0 aliphatic rings. The number of halogens is 1. The topological polar surface area (TPSA) is 64.0 Å². The summed E-state index contributed by atoms with van der Waals surface area (Å²) in [6, 6.07) is 4.09. The van der Waals surface area contributed by atoms with Gasteiger partial charge in [-0.3, -0.25) is 15.0 Å².